The van der Waals surface area contributed by atoms with Crippen LogP contribution in [0.3, 0.4) is 0 Å². The first kappa shape index (κ1) is 22.7. The number of hydrogen-bond donors (Lipinski definition) is 0. The molecule has 0 spiro atoms. The molecule has 3 aromatic carbocycles. The summed E-state index contributed by atoms with van der Waals surface area (Å²) in [5, 5.41) is 1.08. The second-order valence-electron chi connectivity index (χ2n) is 8.66. The van der Waals surface area contributed by atoms with Crippen molar-refractivity contribution in [3.63, 3.8) is 0 Å². The van der Waals surface area contributed by atoms with Crippen molar-refractivity contribution in [2.75, 3.05) is 13.1 Å². The molecule has 4 aromatic rings. The van der Waals surface area contributed by atoms with E-state index in [0.29, 0.717) is 18.8 Å². The second kappa shape index (κ2) is 9.53. The SMILES string of the molecule is CCN(CC)C(=O)Oc1ccc2c(ccn2Cc2ccccc2C)c1-c1cc(C)cc(C)c1. The average Bonchev–Trinajstić information content (AvgIpc) is 3.18. The van der Waals surface area contributed by atoms with Crippen molar-refractivity contribution in [1.82, 2.24) is 9.47 Å². The standard InChI is InChI=1S/C29H32N2O2/c1-6-30(7-2)29(32)33-27-13-12-26-25(28(27)24-17-20(3)16-21(4)18-24)14-15-31(26)19-23-11-9-8-10-22(23)5/h8-18H,6-7,19H2,1-5H3. The highest BCUT2D eigenvalue weighted by Crippen LogP contribution is 2.39. The minimum absolute atomic E-state index is 0.315. The Balaban J connectivity index is 1.86. The molecule has 33 heavy (non-hydrogen) atoms. The number of aromatic nitrogens is 1. The lowest BCUT2D eigenvalue weighted by molar-refractivity contribution is 0.157. The molecule has 4 rings (SSSR count). The zero-order chi connectivity index (χ0) is 23.5. The summed E-state index contributed by atoms with van der Waals surface area (Å²) >= 11 is 0. The summed E-state index contributed by atoms with van der Waals surface area (Å²) in [4.78, 5) is 14.5. The van der Waals surface area contributed by atoms with Crippen LogP contribution in [0.2, 0.25) is 0 Å². The molecular weight excluding hydrogens is 408 g/mol. The van der Waals surface area contributed by atoms with Gasteiger partial charge in [-0.3, -0.25) is 0 Å². The molecule has 0 aliphatic rings. The second-order valence-corrected chi connectivity index (χ2v) is 8.66. The summed E-state index contributed by atoms with van der Waals surface area (Å²) in [6.07, 6.45) is 1.81. The van der Waals surface area contributed by atoms with Crippen LogP contribution in [-0.2, 0) is 6.54 Å². The van der Waals surface area contributed by atoms with E-state index in [-0.39, 0.29) is 6.09 Å². The minimum atomic E-state index is -0.315. The number of fused-ring (bicyclic) bond motifs is 1. The molecule has 0 saturated heterocycles. The maximum atomic E-state index is 12.8. The van der Waals surface area contributed by atoms with E-state index in [1.54, 1.807) is 4.90 Å². The molecule has 0 saturated carbocycles. The number of ether oxygens (including phenoxy) is 1. The van der Waals surface area contributed by atoms with Crippen molar-refractivity contribution in [3.8, 4) is 16.9 Å². The summed E-state index contributed by atoms with van der Waals surface area (Å²) in [5.74, 6) is 0.595. The molecule has 0 aliphatic heterocycles. The highest BCUT2D eigenvalue weighted by molar-refractivity contribution is 6.00. The number of hydrogen-bond acceptors (Lipinski definition) is 2. The Morgan fingerprint density at radius 1 is 0.909 bits per heavy atom. The van der Waals surface area contributed by atoms with Gasteiger partial charge in [0.05, 0.1) is 0 Å². The van der Waals surface area contributed by atoms with Crippen LogP contribution in [0.1, 0.15) is 36.1 Å². The van der Waals surface area contributed by atoms with E-state index in [0.717, 1.165) is 28.6 Å². The van der Waals surface area contributed by atoms with E-state index in [1.807, 2.05) is 19.9 Å². The van der Waals surface area contributed by atoms with Crippen molar-refractivity contribution in [2.45, 2.75) is 41.2 Å². The molecule has 0 bridgehead atoms. The van der Waals surface area contributed by atoms with Gasteiger partial charge in [0.25, 0.3) is 0 Å². The van der Waals surface area contributed by atoms with E-state index in [2.05, 4.69) is 86.1 Å². The van der Waals surface area contributed by atoms with Crippen LogP contribution < -0.4 is 4.74 Å². The van der Waals surface area contributed by atoms with Gasteiger partial charge in [0, 0.05) is 42.3 Å². The van der Waals surface area contributed by atoms with Crippen LogP contribution in [0.25, 0.3) is 22.0 Å². The Hall–Kier alpha value is -3.53. The Labute approximate surface area is 196 Å². The van der Waals surface area contributed by atoms with Gasteiger partial charge in [0.1, 0.15) is 5.75 Å². The summed E-state index contributed by atoms with van der Waals surface area (Å²) in [6, 6.07) is 21.1. The number of carbonyl (C=O) groups is 1. The van der Waals surface area contributed by atoms with Gasteiger partial charge in [-0.15, -0.1) is 0 Å². The predicted octanol–water partition coefficient (Wildman–Crippen LogP) is 7.12. The number of aryl methyl sites for hydroxylation is 3. The van der Waals surface area contributed by atoms with Gasteiger partial charge in [-0.25, -0.2) is 4.79 Å². The van der Waals surface area contributed by atoms with E-state index in [9.17, 15) is 4.79 Å². The number of nitrogens with zero attached hydrogens (tertiary/aromatic N) is 2. The maximum Gasteiger partial charge on any atom is 0.415 e. The monoisotopic (exact) mass is 440 g/mol. The third-order valence-corrected chi connectivity index (χ3v) is 6.25. The molecule has 4 heteroatoms. The van der Waals surface area contributed by atoms with E-state index in [1.165, 1.54) is 22.3 Å². The molecule has 4 nitrogen and oxygen atoms in total. The van der Waals surface area contributed by atoms with E-state index in [4.69, 9.17) is 4.74 Å². The molecule has 1 amide bonds. The first-order valence-electron chi connectivity index (χ1n) is 11.6. The number of amides is 1. The van der Waals surface area contributed by atoms with Crippen LogP contribution >= 0.6 is 0 Å². The van der Waals surface area contributed by atoms with Crippen LogP contribution in [0, 0.1) is 20.8 Å². The molecule has 0 fully saturated rings. The normalized spacial score (nSPS) is 11.1. The molecular formula is C29H32N2O2. The lowest BCUT2D eigenvalue weighted by Crippen LogP contribution is -2.33. The van der Waals surface area contributed by atoms with E-state index < -0.39 is 0 Å². The molecule has 0 atom stereocenters. The minimum Gasteiger partial charge on any atom is -0.410 e. The third kappa shape index (κ3) is 4.65. The zero-order valence-corrected chi connectivity index (χ0v) is 20.2. The summed E-state index contributed by atoms with van der Waals surface area (Å²) < 4.78 is 8.22. The highest BCUT2D eigenvalue weighted by atomic mass is 16.6. The van der Waals surface area contributed by atoms with Gasteiger partial charge in [0.2, 0.25) is 0 Å². The summed E-state index contributed by atoms with van der Waals surface area (Å²) in [7, 11) is 0. The fourth-order valence-corrected chi connectivity index (χ4v) is 4.50. The van der Waals surface area contributed by atoms with Crippen LogP contribution in [0.15, 0.2) is 66.9 Å². The average molecular weight is 441 g/mol. The topological polar surface area (TPSA) is 34.5 Å². The van der Waals surface area contributed by atoms with Crippen LogP contribution in [0.5, 0.6) is 5.75 Å². The van der Waals surface area contributed by atoms with Gasteiger partial charge in [-0.2, -0.15) is 0 Å². The zero-order valence-electron chi connectivity index (χ0n) is 20.2. The van der Waals surface area contributed by atoms with Crippen LogP contribution in [-0.4, -0.2) is 28.6 Å². The number of carbonyl (C=O) groups excluding carboxylic acids is 1. The van der Waals surface area contributed by atoms with Crippen molar-refractivity contribution < 1.29 is 9.53 Å². The Morgan fingerprint density at radius 3 is 2.27 bits per heavy atom. The fraction of sp³-hybridized carbons (Fsp3) is 0.276. The molecule has 0 N–H and O–H groups in total. The molecule has 1 aromatic heterocycles. The summed E-state index contributed by atoms with van der Waals surface area (Å²) in [6.45, 7) is 12.3. The van der Waals surface area contributed by atoms with Crippen molar-refractivity contribution in [3.05, 3.63) is 89.1 Å². The van der Waals surface area contributed by atoms with Gasteiger partial charge in [0.15, 0.2) is 0 Å². The van der Waals surface area contributed by atoms with Gasteiger partial charge in [-0.05, 0) is 69.5 Å². The highest BCUT2D eigenvalue weighted by Gasteiger charge is 2.19. The van der Waals surface area contributed by atoms with Gasteiger partial charge in [-0.1, -0.05) is 53.6 Å². The van der Waals surface area contributed by atoms with E-state index >= 15 is 0 Å². The first-order valence-corrected chi connectivity index (χ1v) is 11.6. The molecule has 0 unspecified atom stereocenters. The van der Waals surface area contributed by atoms with Crippen LogP contribution in [0.4, 0.5) is 4.79 Å². The molecule has 0 radical (unpaired) electrons. The molecule has 170 valence electrons. The largest absolute Gasteiger partial charge is 0.415 e. The summed E-state index contributed by atoms with van der Waals surface area (Å²) in [5.41, 5.74) is 8.08. The maximum absolute atomic E-state index is 12.8. The first-order chi connectivity index (χ1) is 15.9. The van der Waals surface area contributed by atoms with Crippen molar-refractivity contribution >= 4 is 17.0 Å². The number of benzene rings is 3. The number of rotatable bonds is 6. The molecule has 1 heterocycles. The van der Waals surface area contributed by atoms with Crippen molar-refractivity contribution in [2.24, 2.45) is 0 Å². The van der Waals surface area contributed by atoms with Gasteiger partial charge < -0.3 is 14.2 Å². The quantitative estimate of drug-likeness (QED) is 0.320. The Kier molecular flexibility index (Phi) is 6.55. The Bertz CT molecular complexity index is 1280. The smallest absolute Gasteiger partial charge is 0.410 e. The van der Waals surface area contributed by atoms with Gasteiger partial charge >= 0.3 is 6.09 Å². The van der Waals surface area contributed by atoms with Crippen molar-refractivity contribution in [1.29, 1.82) is 0 Å². The lowest BCUT2D eigenvalue weighted by Gasteiger charge is -2.20. The Morgan fingerprint density at radius 2 is 1.61 bits per heavy atom. The third-order valence-electron chi connectivity index (χ3n) is 6.25. The lowest BCUT2D eigenvalue weighted by atomic mass is 9.97. The predicted molar refractivity (Wildman–Crippen MR) is 136 cm³/mol. The fourth-order valence-electron chi connectivity index (χ4n) is 4.50. The molecule has 0 aliphatic carbocycles.